The topological polar surface area (TPSA) is 90.1 Å². The molecule has 0 spiro atoms. The van der Waals surface area contributed by atoms with Crippen molar-refractivity contribution < 1.29 is 14.1 Å². The van der Waals surface area contributed by atoms with E-state index >= 15 is 0 Å². The molecule has 0 radical (unpaired) electrons. The maximum atomic E-state index is 13.6. The molecule has 0 atom stereocenters. The van der Waals surface area contributed by atoms with E-state index in [1.165, 1.54) is 6.07 Å². The molecular formula is C22H15FN4O3. The molecule has 7 nitrogen and oxygen atoms in total. The predicted molar refractivity (Wildman–Crippen MR) is 110 cm³/mol. The molecule has 1 N–H and O–H groups in total. The molecule has 3 aromatic carbocycles. The number of hydrogen-bond donors (Lipinski definition) is 1. The Hall–Kier alpha value is -4.33. The molecule has 0 bridgehead atoms. The number of rotatable bonds is 5. The Balaban J connectivity index is 1.74. The fourth-order valence-corrected chi connectivity index (χ4v) is 2.99. The number of aromatic nitrogens is 2. The maximum absolute atomic E-state index is 13.6. The predicted octanol–water partition coefficient (Wildman–Crippen LogP) is 4.84. The van der Waals surface area contributed by atoms with Gasteiger partial charge in [0.1, 0.15) is 5.69 Å². The summed E-state index contributed by atoms with van der Waals surface area (Å²) in [4.78, 5) is 23.1. The summed E-state index contributed by atoms with van der Waals surface area (Å²) in [5.41, 5.74) is 1.63. The largest absolute Gasteiger partial charge is 0.322 e. The molecule has 1 aromatic heterocycles. The second kappa shape index (κ2) is 7.96. The lowest BCUT2D eigenvalue weighted by Gasteiger charge is -2.06. The molecular weight excluding hydrogens is 387 g/mol. The van der Waals surface area contributed by atoms with Gasteiger partial charge in [-0.15, -0.1) is 0 Å². The van der Waals surface area contributed by atoms with Crippen LogP contribution in [-0.2, 0) is 0 Å². The zero-order chi connectivity index (χ0) is 21.1. The Labute approximate surface area is 170 Å². The summed E-state index contributed by atoms with van der Waals surface area (Å²) in [6.07, 6.45) is 1.59. The minimum Gasteiger partial charge on any atom is -0.322 e. The summed E-state index contributed by atoms with van der Waals surface area (Å²) in [5, 5.41) is 18.1. The van der Waals surface area contributed by atoms with Gasteiger partial charge in [-0.25, -0.2) is 4.68 Å². The Morgan fingerprint density at radius 1 is 1.00 bits per heavy atom. The van der Waals surface area contributed by atoms with Gasteiger partial charge in [-0.1, -0.05) is 48.5 Å². The lowest BCUT2D eigenvalue weighted by Crippen LogP contribution is -2.12. The van der Waals surface area contributed by atoms with Crippen molar-refractivity contribution in [2.75, 3.05) is 5.32 Å². The van der Waals surface area contributed by atoms with Gasteiger partial charge in [-0.3, -0.25) is 14.9 Å². The second-order valence-electron chi connectivity index (χ2n) is 6.41. The summed E-state index contributed by atoms with van der Waals surface area (Å²) >= 11 is 0. The molecule has 0 aliphatic heterocycles. The van der Waals surface area contributed by atoms with E-state index in [4.69, 9.17) is 0 Å². The number of amides is 1. The summed E-state index contributed by atoms with van der Waals surface area (Å²) in [6, 6.07) is 21.7. The van der Waals surface area contributed by atoms with Gasteiger partial charge in [0.05, 0.1) is 16.2 Å². The Bertz CT molecular complexity index is 1220. The summed E-state index contributed by atoms with van der Waals surface area (Å²) in [5.74, 6) is -1.49. The normalized spacial score (nSPS) is 10.6. The van der Waals surface area contributed by atoms with Gasteiger partial charge < -0.3 is 5.32 Å². The van der Waals surface area contributed by atoms with Gasteiger partial charge in [-0.05, 0) is 24.3 Å². The van der Waals surface area contributed by atoms with Crippen LogP contribution in [0, 0.1) is 15.9 Å². The summed E-state index contributed by atoms with van der Waals surface area (Å²) < 4.78 is 15.2. The third-order valence-corrected chi connectivity index (χ3v) is 4.43. The first-order valence-corrected chi connectivity index (χ1v) is 8.99. The summed E-state index contributed by atoms with van der Waals surface area (Å²) in [7, 11) is 0. The van der Waals surface area contributed by atoms with Crippen molar-refractivity contribution in [1.29, 1.82) is 0 Å². The minimum absolute atomic E-state index is 0.111. The molecule has 8 heteroatoms. The van der Waals surface area contributed by atoms with Crippen molar-refractivity contribution in [3.05, 3.63) is 107 Å². The lowest BCUT2D eigenvalue weighted by atomic mass is 10.1. The molecule has 0 aliphatic carbocycles. The number of hydrogen-bond acceptors (Lipinski definition) is 4. The number of nitrogens with one attached hydrogen (secondary N) is 1. The van der Waals surface area contributed by atoms with Gasteiger partial charge in [0.15, 0.2) is 0 Å². The van der Waals surface area contributed by atoms with Crippen molar-refractivity contribution in [3.8, 4) is 16.9 Å². The van der Waals surface area contributed by atoms with E-state index in [1.54, 1.807) is 10.9 Å². The van der Waals surface area contributed by atoms with E-state index in [0.29, 0.717) is 5.69 Å². The molecule has 0 saturated carbocycles. The molecule has 4 aromatic rings. The van der Waals surface area contributed by atoms with E-state index in [2.05, 4.69) is 10.4 Å². The van der Waals surface area contributed by atoms with E-state index in [0.717, 1.165) is 23.4 Å². The number of anilines is 1. The van der Waals surface area contributed by atoms with Crippen LogP contribution in [0.5, 0.6) is 0 Å². The number of halogens is 1. The number of carbonyl (C=O) groups excluding carboxylic acids is 1. The van der Waals surface area contributed by atoms with Crippen LogP contribution in [0.25, 0.3) is 16.9 Å². The molecule has 0 fully saturated rings. The van der Waals surface area contributed by atoms with E-state index in [-0.39, 0.29) is 11.3 Å². The molecule has 148 valence electrons. The Kier molecular flexibility index (Phi) is 5.04. The molecule has 0 saturated heterocycles. The van der Waals surface area contributed by atoms with Gasteiger partial charge in [0.2, 0.25) is 5.82 Å². The quantitative estimate of drug-likeness (QED) is 0.382. The minimum atomic E-state index is -0.972. The highest BCUT2D eigenvalue weighted by Gasteiger charge is 2.20. The fourth-order valence-electron chi connectivity index (χ4n) is 2.99. The number of nitro benzene ring substituents is 1. The van der Waals surface area contributed by atoms with Gasteiger partial charge in [0.25, 0.3) is 5.91 Å². The second-order valence-corrected chi connectivity index (χ2v) is 6.41. The van der Waals surface area contributed by atoms with Crippen molar-refractivity contribution in [1.82, 2.24) is 9.78 Å². The van der Waals surface area contributed by atoms with Crippen LogP contribution >= 0.6 is 0 Å². The SMILES string of the molecule is O=C(Nc1ccc(F)c([N+](=O)[O-])c1)c1cn(-c2ccccc2)nc1-c1ccccc1. The highest BCUT2D eigenvalue weighted by atomic mass is 19.1. The monoisotopic (exact) mass is 402 g/mol. The van der Waals surface area contributed by atoms with E-state index in [9.17, 15) is 19.3 Å². The smallest absolute Gasteiger partial charge is 0.306 e. The number of nitro groups is 1. The molecule has 1 heterocycles. The highest BCUT2D eigenvalue weighted by molar-refractivity contribution is 6.08. The van der Waals surface area contributed by atoms with Crippen LogP contribution in [-0.4, -0.2) is 20.6 Å². The van der Waals surface area contributed by atoms with Crippen LogP contribution in [0.15, 0.2) is 85.1 Å². The molecule has 0 aliphatic rings. The van der Waals surface area contributed by atoms with Gasteiger partial charge in [0, 0.05) is 23.5 Å². The Morgan fingerprint density at radius 3 is 2.33 bits per heavy atom. The average Bonchev–Trinajstić information content (AvgIpc) is 3.22. The first-order chi connectivity index (χ1) is 14.5. The van der Waals surface area contributed by atoms with Crippen molar-refractivity contribution in [3.63, 3.8) is 0 Å². The van der Waals surface area contributed by atoms with Crippen LogP contribution in [0.4, 0.5) is 15.8 Å². The van der Waals surface area contributed by atoms with Gasteiger partial charge in [-0.2, -0.15) is 9.49 Å². The van der Waals surface area contributed by atoms with Crippen molar-refractivity contribution in [2.24, 2.45) is 0 Å². The van der Waals surface area contributed by atoms with Crippen LogP contribution < -0.4 is 5.32 Å². The van der Waals surface area contributed by atoms with E-state index < -0.39 is 22.3 Å². The van der Waals surface area contributed by atoms with Crippen molar-refractivity contribution in [2.45, 2.75) is 0 Å². The maximum Gasteiger partial charge on any atom is 0.306 e. The molecule has 4 rings (SSSR count). The van der Waals surface area contributed by atoms with Crippen LogP contribution in [0.2, 0.25) is 0 Å². The molecule has 0 unspecified atom stereocenters. The Morgan fingerprint density at radius 2 is 1.67 bits per heavy atom. The number of nitrogens with zero attached hydrogens (tertiary/aromatic N) is 3. The molecule has 30 heavy (non-hydrogen) atoms. The average molecular weight is 402 g/mol. The number of para-hydroxylation sites is 1. The lowest BCUT2D eigenvalue weighted by molar-refractivity contribution is -0.387. The first kappa shape index (κ1) is 19.0. The van der Waals surface area contributed by atoms with Gasteiger partial charge >= 0.3 is 5.69 Å². The third kappa shape index (κ3) is 3.79. The van der Waals surface area contributed by atoms with E-state index in [1.807, 2.05) is 60.7 Å². The van der Waals surface area contributed by atoms with Crippen LogP contribution in [0.3, 0.4) is 0 Å². The third-order valence-electron chi connectivity index (χ3n) is 4.43. The fraction of sp³-hybridized carbons (Fsp3) is 0. The first-order valence-electron chi connectivity index (χ1n) is 8.99. The number of carbonyl (C=O) groups is 1. The zero-order valence-electron chi connectivity index (χ0n) is 15.5. The zero-order valence-corrected chi connectivity index (χ0v) is 15.5. The van der Waals surface area contributed by atoms with Crippen molar-refractivity contribution >= 4 is 17.3 Å². The number of benzene rings is 3. The highest BCUT2D eigenvalue weighted by Crippen LogP contribution is 2.26. The summed E-state index contributed by atoms with van der Waals surface area (Å²) in [6.45, 7) is 0. The molecule has 1 amide bonds. The van der Waals surface area contributed by atoms with Crippen LogP contribution in [0.1, 0.15) is 10.4 Å². The standard InChI is InChI=1S/C22H15FN4O3/c23-19-12-11-16(13-20(19)27(29)30)24-22(28)18-14-26(17-9-5-2-6-10-17)25-21(18)15-7-3-1-4-8-15/h1-14H,(H,24,28).